The van der Waals surface area contributed by atoms with Crippen LogP contribution < -0.4 is 5.73 Å². The molecule has 0 aliphatic rings. The molecule has 3 aromatic rings. The molecule has 136 valence electrons. The van der Waals surface area contributed by atoms with Gasteiger partial charge < -0.3 is 15.2 Å². The minimum absolute atomic E-state index is 0.0292. The zero-order valence-electron chi connectivity index (χ0n) is 14.9. The number of thiophene rings is 1. The molecule has 0 aliphatic carbocycles. The topological polar surface area (TPSA) is 64.2 Å². The summed E-state index contributed by atoms with van der Waals surface area (Å²) in [6, 6.07) is 13.7. The third-order valence-corrected chi connectivity index (χ3v) is 5.12. The van der Waals surface area contributed by atoms with Crippen LogP contribution in [-0.2, 0) is 24.3 Å². The van der Waals surface area contributed by atoms with E-state index in [1.54, 1.807) is 22.6 Å². The first-order valence-electron chi connectivity index (χ1n) is 8.77. The fraction of sp³-hybridized carbons (Fsp3) is 0.300. The standard InChI is InChI=1S/C20H24N4OS/c1-2-24(14-18-9-6-10-26-18)20(25)19(21)11-17-13-23(15-22-17)12-16-7-4-3-5-8-16/h3-10,13,15,19H,2,11-12,14,21H2,1H3/t19-/m0/s1. The molecule has 0 aliphatic heterocycles. The van der Waals surface area contributed by atoms with E-state index in [0.29, 0.717) is 19.5 Å². The SMILES string of the molecule is CCN(Cc1cccs1)C(=O)[C@@H](N)Cc1cn(Cc2ccccc2)cn1. The Morgan fingerprint density at radius 2 is 2.08 bits per heavy atom. The third-order valence-electron chi connectivity index (χ3n) is 4.26. The molecule has 2 N–H and O–H groups in total. The number of imidazole rings is 1. The molecular formula is C20H24N4OS. The molecule has 6 heteroatoms. The Bertz CT molecular complexity index is 813. The molecule has 2 aromatic heterocycles. The van der Waals surface area contributed by atoms with Crippen molar-refractivity contribution in [1.82, 2.24) is 14.5 Å². The maximum atomic E-state index is 12.7. The number of hydrogen-bond donors (Lipinski definition) is 1. The van der Waals surface area contributed by atoms with Crippen molar-refractivity contribution in [2.45, 2.75) is 32.5 Å². The first-order chi connectivity index (χ1) is 12.7. The lowest BCUT2D eigenvalue weighted by Crippen LogP contribution is -2.44. The summed E-state index contributed by atoms with van der Waals surface area (Å²) in [5, 5.41) is 2.02. The van der Waals surface area contributed by atoms with E-state index in [2.05, 4.69) is 17.1 Å². The third kappa shape index (κ3) is 4.80. The molecular weight excluding hydrogens is 344 g/mol. The van der Waals surface area contributed by atoms with Crippen LogP contribution in [0.5, 0.6) is 0 Å². The summed E-state index contributed by atoms with van der Waals surface area (Å²) in [7, 11) is 0. The second-order valence-electron chi connectivity index (χ2n) is 6.27. The number of aromatic nitrogens is 2. The van der Waals surface area contributed by atoms with Crippen LogP contribution in [0.3, 0.4) is 0 Å². The minimum atomic E-state index is -0.574. The molecule has 1 aromatic carbocycles. The van der Waals surface area contributed by atoms with Crippen molar-refractivity contribution < 1.29 is 4.79 Å². The molecule has 0 spiro atoms. The summed E-state index contributed by atoms with van der Waals surface area (Å²) < 4.78 is 2.02. The van der Waals surface area contributed by atoms with Gasteiger partial charge in [-0.05, 0) is 23.9 Å². The maximum absolute atomic E-state index is 12.7. The quantitative estimate of drug-likeness (QED) is 0.665. The van der Waals surface area contributed by atoms with Crippen LogP contribution in [0.25, 0.3) is 0 Å². The molecule has 26 heavy (non-hydrogen) atoms. The monoisotopic (exact) mass is 368 g/mol. The Labute approximate surface area is 158 Å². The number of carbonyl (C=O) groups is 1. The van der Waals surface area contributed by atoms with Gasteiger partial charge in [0.05, 0.1) is 24.6 Å². The fourth-order valence-corrected chi connectivity index (χ4v) is 3.60. The Morgan fingerprint density at radius 3 is 2.77 bits per heavy atom. The van der Waals surface area contributed by atoms with Crippen LogP contribution in [0.4, 0.5) is 0 Å². The van der Waals surface area contributed by atoms with Crippen LogP contribution in [-0.4, -0.2) is 32.9 Å². The van der Waals surface area contributed by atoms with E-state index >= 15 is 0 Å². The lowest BCUT2D eigenvalue weighted by Gasteiger charge is -2.23. The van der Waals surface area contributed by atoms with Crippen LogP contribution in [0, 0.1) is 0 Å². The van der Waals surface area contributed by atoms with Crippen molar-refractivity contribution in [2.75, 3.05) is 6.54 Å². The van der Waals surface area contributed by atoms with E-state index in [9.17, 15) is 4.79 Å². The Balaban J connectivity index is 1.58. The average Bonchev–Trinajstić information content (AvgIpc) is 3.32. The normalized spacial score (nSPS) is 12.1. The predicted octanol–water partition coefficient (Wildman–Crippen LogP) is 2.91. The van der Waals surface area contributed by atoms with Gasteiger partial charge in [-0.25, -0.2) is 4.98 Å². The van der Waals surface area contributed by atoms with Crippen LogP contribution in [0.2, 0.25) is 0 Å². The number of likely N-dealkylation sites (N-methyl/N-ethyl adjacent to an activating group) is 1. The van der Waals surface area contributed by atoms with Gasteiger partial charge in [0.2, 0.25) is 5.91 Å². The number of amides is 1. The maximum Gasteiger partial charge on any atom is 0.240 e. The first kappa shape index (κ1) is 18.4. The molecule has 3 rings (SSSR count). The summed E-state index contributed by atoms with van der Waals surface area (Å²) in [6.07, 6.45) is 4.21. The number of nitrogens with zero attached hydrogens (tertiary/aromatic N) is 3. The van der Waals surface area contributed by atoms with Crippen molar-refractivity contribution in [1.29, 1.82) is 0 Å². The largest absolute Gasteiger partial charge is 0.336 e. The molecule has 0 unspecified atom stereocenters. The first-order valence-corrected chi connectivity index (χ1v) is 9.65. The second kappa shape index (κ2) is 8.78. The Hall–Kier alpha value is -2.44. The lowest BCUT2D eigenvalue weighted by atomic mass is 10.1. The van der Waals surface area contributed by atoms with E-state index in [-0.39, 0.29) is 5.91 Å². The molecule has 0 bridgehead atoms. The number of carbonyl (C=O) groups excluding carboxylic acids is 1. The number of benzene rings is 1. The van der Waals surface area contributed by atoms with E-state index in [1.165, 1.54) is 10.4 Å². The molecule has 2 heterocycles. The van der Waals surface area contributed by atoms with E-state index in [4.69, 9.17) is 5.73 Å². The summed E-state index contributed by atoms with van der Waals surface area (Å²) >= 11 is 1.65. The van der Waals surface area contributed by atoms with Crippen molar-refractivity contribution in [3.8, 4) is 0 Å². The van der Waals surface area contributed by atoms with Crippen molar-refractivity contribution >= 4 is 17.2 Å². The zero-order valence-corrected chi connectivity index (χ0v) is 15.7. The van der Waals surface area contributed by atoms with Gasteiger partial charge in [0.15, 0.2) is 0 Å². The minimum Gasteiger partial charge on any atom is -0.336 e. The number of rotatable bonds is 8. The average molecular weight is 369 g/mol. The lowest BCUT2D eigenvalue weighted by molar-refractivity contribution is -0.132. The summed E-state index contributed by atoms with van der Waals surface area (Å²) in [5.74, 6) is -0.0292. The Morgan fingerprint density at radius 1 is 1.27 bits per heavy atom. The summed E-state index contributed by atoms with van der Waals surface area (Å²) in [4.78, 5) is 20.1. The molecule has 1 atom stereocenters. The van der Waals surface area contributed by atoms with Crippen molar-refractivity contribution in [2.24, 2.45) is 5.73 Å². The second-order valence-corrected chi connectivity index (χ2v) is 7.30. The molecule has 1 amide bonds. The van der Waals surface area contributed by atoms with Crippen molar-refractivity contribution in [3.63, 3.8) is 0 Å². The Kier molecular flexibility index (Phi) is 6.20. The highest BCUT2D eigenvalue weighted by Gasteiger charge is 2.21. The summed E-state index contributed by atoms with van der Waals surface area (Å²) in [5.41, 5.74) is 8.23. The fourth-order valence-electron chi connectivity index (χ4n) is 2.88. The highest BCUT2D eigenvalue weighted by molar-refractivity contribution is 7.09. The highest BCUT2D eigenvalue weighted by Crippen LogP contribution is 2.13. The van der Waals surface area contributed by atoms with Gasteiger partial charge in [0.1, 0.15) is 0 Å². The van der Waals surface area contributed by atoms with Crippen LogP contribution >= 0.6 is 11.3 Å². The van der Waals surface area contributed by atoms with Gasteiger partial charge >= 0.3 is 0 Å². The summed E-state index contributed by atoms with van der Waals surface area (Å²) in [6.45, 7) is 4.00. The molecule has 0 radical (unpaired) electrons. The predicted molar refractivity (Wildman–Crippen MR) is 105 cm³/mol. The van der Waals surface area contributed by atoms with Gasteiger partial charge in [-0.15, -0.1) is 11.3 Å². The van der Waals surface area contributed by atoms with E-state index in [1.807, 2.05) is 53.4 Å². The van der Waals surface area contributed by atoms with E-state index in [0.717, 1.165) is 12.2 Å². The molecule has 5 nitrogen and oxygen atoms in total. The van der Waals surface area contributed by atoms with Crippen LogP contribution in [0.1, 0.15) is 23.1 Å². The van der Waals surface area contributed by atoms with E-state index < -0.39 is 6.04 Å². The van der Waals surface area contributed by atoms with Gasteiger partial charge in [-0.2, -0.15) is 0 Å². The smallest absolute Gasteiger partial charge is 0.240 e. The molecule has 0 saturated heterocycles. The number of nitrogens with two attached hydrogens (primary N) is 1. The number of hydrogen-bond acceptors (Lipinski definition) is 4. The highest BCUT2D eigenvalue weighted by atomic mass is 32.1. The molecule has 0 fully saturated rings. The molecule has 0 saturated carbocycles. The zero-order chi connectivity index (χ0) is 18.4. The van der Waals surface area contributed by atoms with Gasteiger partial charge in [-0.1, -0.05) is 36.4 Å². The van der Waals surface area contributed by atoms with Gasteiger partial charge in [-0.3, -0.25) is 4.79 Å². The van der Waals surface area contributed by atoms with Gasteiger partial charge in [0.25, 0.3) is 0 Å². The van der Waals surface area contributed by atoms with Crippen LogP contribution in [0.15, 0.2) is 60.4 Å². The van der Waals surface area contributed by atoms with Gasteiger partial charge in [0, 0.05) is 30.6 Å². The van der Waals surface area contributed by atoms with Crippen molar-refractivity contribution in [3.05, 3.63) is 76.5 Å².